The largest absolute Gasteiger partial charge is 0.292 e. The Labute approximate surface area is 113 Å². The van der Waals surface area contributed by atoms with E-state index in [1.54, 1.807) is 36.1 Å². The minimum absolute atomic E-state index is 0.233. The van der Waals surface area contributed by atoms with Crippen molar-refractivity contribution in [1.29, 1.82) is 5.26 Å². The van der Waals surface area contributed by atoms with Crippen LogP contribution in [0.3, 0.4) is 0 Å². The predicted molar refractivity (Wildman–Crippen MR) is 70.0 cm³/mol. The molecule has 0 aliphatic heterocycles. The number of nitriles is 1. The zero-order chi connectivity index (χ0) is 13.1. The molecule has 0 bridgehead atoms. The number of rotatable bonds is 3. The number of carbonyl (C=O) groups is 1. The number of benzene rings is 1. The van der Waals surface area contributed by atoms with Crippen molar-refractivity contribution < 1.29 is 4.79 Å². The maximum Gasteiger partial charge on any atom is 0.187 e. The molecular formula is C13H10BrN3O. The normalized spacial score (nSPS) is 11.8. The summed E-state index contributed by atoms with van der Waals surface area (Å²) in [6.45, 7) is 0. The molecule has 0 amide bonds. The molecule has 2 rings (SSSR count). The zero-order valence-electron chi connectivity index (χ0n) is 9.67. The molecule has 0 spiro atoms. The zero-order valence-corrected chi connectivity index (χ0v) is 11.3. The first-order chi connectivity index (χ1) is 8.61. The summed E-state index contributed by atoms with van der Waals surface area (Å²) in [6.07, 6.45) is 3.09. The molecule has 4 nitrogen and oxygen atoms in total. The van der Waals surface area contributed by atoms with Crippen LogP contribution in [0.2, 0.25) is 0 Å². The number of Topliss-reactive ketones (excluding diaryl/α,β-unsaturated/α-hetero) is 1. The summed E-state index contributed by atoms with van der Waals surface area (Å²) in [5.74, 6) is -1.03. The van der Waals surface area contributed by atoms with Gasteiger partial charge in [-0.15, -0.1) is 0 Å². The maximum absolute atomic E-state index is 12.2. The Hall–Kier alpha value is -1.93. The van der Waals surface area contributed by atoms with Crippen LogP contribution in [0, 0.1) is 11.3 Å². The Balaban J connectivity index is 2.35. The minimum Gasteiger partial charge on any atom is -0.292 e. The van der Waals surface area contributed by atoms with Gasteiger partial charge in [-0.25, -0.2) is 0 Å². The average Bonchev–Trinajstić information content (AvgIpc) is 2.77. The van der Waals surface area contributed by atoms with Crippen molar-refractivity contribution >= 4 is 21.7 Å². The third kappa shape index (κ3) is 2.49. The van der Waals surface area contributed by atoms with E-state index in [2.05, 4.69) is 21.0 Å². The number of aryl methyl sites for hydroxylation is 1. The summed E-state index contributed by atoms with van der Waals surface area (Å²) in [4.78, 5) is 12.2. The number of ketones is 1. The fraction of sp³-hybridized carbons (Fsp3) is 0.154. The summed E-state index contributed by atoms with van der Waals surface area (Å²) < 4.78 is 2.39. The van der Waals surface area contributed by atoms with Gasteiger partial charge in [0.05, 0.1) is 17.8 Å². The Kier molecular flexibility index (Phi) is 3.58. The van der Waals surface area contributed by atoms with Crippen molar-refractivity contribution in [2.24, 2.45) is 7.05 Å². The van der Waals surface area contributed by atoms with Crippen LogP contribution >= 0.6 is 15.9 Å². The van der Waals surface area contributed by atoms with Crippen LogP contribution in [-0.2, 0) is 7.05 Å². The first-order valence-corrected chi connectivity index (χ1v) is 6.09. The van der Waals surface area contributed by atoms with E-state index in [1.165, 1.54) is 6.20 Å². The predicted octanol–water partition coefficient (Wildman–Crippen LogP) is 2.67. The average molecular weight is 304 g/mol. The summed E-state index contributed by atoms with van der Waals surface area (Å²) >= 11 is 3.33. The fourth-order valence-electron chi connectivity index (χ4n) is 1.69. The lowest BCUT2D eigenvalue weighted by Crippen LogP contribution is -2.10. The maximum atomic E-state index is 12.2. The van der Waals surface area contributed by atoms with Crippen molar-refractivity contribution in [3.8, 4) is 6.07 Å². The molecule has 2 aromatic rings. The Morgan fingerprint density at radius 1 is 1.56 bits per heavy atom. The van der Waals surface area contributed by atoms with Crippen LogP contribution in [0.15, 0.2) is 41.1 Å². The Bertz CT molecular complexity index is 627. The van der Waals surface area contributed by atoms with Gasteiger partial charge in [-0.3, -0.25) is 9.48 Å². The van der Waals surface area contributed by atoms with Gasteiger partial charge in [0.15, 0.2) is 5.78 Å². The number of hydrogen-bond donors (Lipinski definition) is 0. The summed E-state index contributed by atoms with van der Waals surface area (Å²) in [7, 11) is 1.73. The highest BCUT2D eigenvalue weighted by atomic mass is 79.9. The molecule has 0 saturated carbocycles. The number of nitrogens with zero attached hydrogens (tertiary/aromatic N) is 3. The molecule has 0 saturated heterocycles. The highest BCUT2D eigenvalue weighted by Crippen LogP contribution is 2.23. The van der Waals surface area contributed by atoms with Gasteiger partial charge < -0.3 is 0 Å². The van der Waals surface area contributed by atoms with E-state index in [-0.39, 0.29) is 5.78 Å². The van der Waals surface area contributed by atoms with Crippen LogP contribution in [0.1, 0.15) is 21.8 Å². The van der Waals surface area contributed by atoms with Crippen molar-refractivity contribution in [2.75, 3.05) is 0 Å². The van der Waals surface area contributed by atoms with Gasteiger partial charge in [-0.1, -0.05) is 28.1 Å². The van der Waals surface area contributed by atoms with E-state index in [0.717, 1.165) is 4.47 Å². The van der Waals surface area contributed by atoms with Crippen LogP contribution < -0.4 is 0 Å². The van der Waals surface area contributed by atoms with Crippen molar-refractivity contribution in [2.45, 2.75) is 5.92 Å². The van der Waals surface area contributed by atoms with E-state index in [1.807, 2.05) is 12.1 Å². The minimum atomic E-state index is -0.799. The molecule has 0 aliphatic rings. The van der Waals surface area contributed by atoms with E-state index in [0.29, 0.717) is 11.1 Å². The van der Waals surface area contributed by atoms with Crippen LogP contribution in [0.25, 0.3) is 0 Å². The molecule has 1 atom stereocenters. The van der Waals surface area contributed by atoms with Crippen molar-refractivity contribution in [3.05, 3.63) is 52.3 Å². The second-order valence-electron chi connectivity index (χ2n) is 3.88. The molecular weight excluding hydrogens is 294 g/mol. The van der Waals surface area contributed by atoms with Gasteiger partial charge in [0, 0.05) is 17.7 Å². The lowest BCUT2D eigenvalue weighted by Gasteiger charge is -2.07. The lowest BCUT2D eigenvalue weighted by atomic mass is 9.93. The molecule has 1 heterocycles. The van der Waals surface area contributed by atoms with E-state index >= 15 is 0 Å². The summed E-state index contributed by atoms with van der Waals surface area (Å²) in [5, 5.41) is 13.1. The summed E-state index contributed by atoms with van der Waals surface area (Å²) in [5.41, 5.74) is 1.13. The van der Waals surface area contributed by atoms with Crippen molar-refractivity contribution in [1.82, 2.24) is 9.78 Å². The van der Waals surface area contributed by atoms with Gasteiger partial charge in [-0.05, 0) is 17.7 Å². The monoisotopic (exact) mass is 303 g/mol. The van der Waals surface area contributed by atoms with Gasteiger partial charge in [0.25, 0.3) is 0 Å². The molecule has 0 radical (unpaired) electrons. The first kappa shape index (κ1) is 12.5. The lowest BCUT2D eigenvalue weighted by molar-refractivity contribution is 0.0979. The molecule has 1 aromatic heterocycles. The van der Waals surface area contributed by atoms with E-state index < -0.39 is 5.92 Å². The molecule has 0 aliphatic carbocycles. The topological polar surface area (TPSA) is 58.7 Å². The highest BCUT2D eigenvalue weighted by Gasteiger charge is 2.22. The number of hydrogen-bond acceptors (Lipinski definition) is 3. The number of carbonyl (C=O) groups excluding carboxylic acids is 1. The van der Waals surface area contributed by atoms with E-state index in [9.17, 15) is 10.1 Å². The van der Waals surface area contributed by atoms with Gasteiger partial charge in [-0.2, -0.15) is 10.4 Å². The fourth-order valence-corrected chi connectivity index (χ4v) is 2.10. The molecule has 1 aromatic carbocycles. The number of halogens is 1. The molecule has 0 fully saturated rings. The standard InChI is InChI=1S/C13H10BrN3O/c1-17-8-10(7-16-17)13(18)12(6-15)9-3-2-4-11(14)5-9/h2-5,7-8,12H,1H3. The number of aromatic nitrogens is 2. The molecule has 90 valence electrons. The summed E-state index contributed by atoms with van der Waals surface area (Å²) in [6, 6.07) is 9.26. The third-order valence-electron chi connectivity index (χ3n) is 2.56. The molecule has 5 heteroatoms. The van der Waals surface area contributed by atoms with Gasteiger partial charge in [0.2, 0.25) is 0 Å². The highest BCUT2D eigenvalue weighted by molar-refractivity contribution is 9.10. The Morgan fingerprint density at radius 2 is 2.33 bits per heavy atom. The van der Waals surface area contributed by atoms with Crippen LogP contribution in [-0.4, -0.2) is 15.6 Å². The van der Waals surface area contributed by atoms with Crippen LogP contribution in [0.4, 0.5) is 0 Å². The third-order valence-corrected chi connectivity index (χ3v) is 3.06. The van der Waals surface area contributed by atoms with Crippen molar-refractivity contribution in [3.63, 3.8) is 0 Å². The first-order valence-electron chi connectivity index (χ1n) is 5.30. The second kappa shape index (κ2) is 5.15. The Morgan fingerprint density at radius 3 is 2.89 bits per heavy atom. The molecule has 1 unspecified atom stereocenters. The molecule has 0 N–H and O–H groups in total. The van der Waals surface area contributed by atoms with Gasteiger partial charge >= 0.3 is 0 Å². The molecule has 18 heavy (non-hydrogen) atoms. The quantitative estimate of drug-likeness (QED) is 0.819. The van der Waals surface area contributed by atoms with E-state index in [4.69, 9.17) is 0 Å². The van der Waals surface area contributed by atoms with Gasteiger partial charge in [0.1, 0.15) is 5.92 Å². The smallest absolute Gasteiger partial charge is 0.187 e. The second-order valence-corrected chi connectivity index (χ2v) is 4.80. The van der Waals surface area contributed by atoms with Crippen LogP contribution in [0.5, 0.6) is 0 Å². The SMILES string of the molecule is Cn1cc(C(=O)C(C#N)c2cccc(Br)c2)cn1.